The van der Waals surface area contributed by atoms with Crippen molar-refractivity contribution in [1.82, 2.24) is 10.2 Å². The van der Waals surface area contributed by atoms with Crippen LogP contribution in [0.5, 0.6) is 11.5 Å². The Morgan fingerprint density at radius 3 is 2.67 bits per heavy atom. The van der Waals surface area contributed by atoms with E-state index >= 15 is 0 Å². The molecule has 2 atom stereocenters. The van der Waals surface area contributed by atoms with Crippen molar-refractivity contribution < 1.29 is 19.3 Å². The lowest BCUT2D eigenvalue weighted by Gasteiger charge is -2.22. The summed E-state index contributed by atoms with van der Waals surface area (Å²) in [7, 11) is 3.20. The highest BCUT2D eigenvalue weighted by atomic mass is 127. The molecule has 2 aromatic carbocycles. The van der Waals surface area contributed by atoms with Gasteiger partial charge < -0.3 is 29.5 Å². The molecule has 1 fully saturated rings. The molecule has 0 amide bonds. The van der Waals surface area contributed by atoms with E-state index in [1.165, 1.54) is 5.56 Å². The van der Waals surface area contributed by atoms with Gasteiger partial charge in [0.1, 0.15) is 17.6 Å². The van der Waals surface area contributed by atoms with Crippen LogP contribution in [0, 0.1) is 5.92 Å². The summed E-state index contributed by atoms with van der Waals surface area (Å²) < 4.78 is 16.6. The van der Waals surface area contributed by atoms with E-state index in [-0.39, 0.29) is 30.5 Å². The monoisotopic (exact) mass is 569 g/mol. The largest absolute Gasteiger partial charge is 0.497 e. The van der Waals surface area contributed by atoms with Gasteiger partial charge in [0.15, 0.2) is 5.96 Å². The van der Waals surface area contributed by atoms with Crippen LogP contribution < -0.4 is 14.8 Å². The van der Waals surface area contributed by atoms with E-state index in [2.05, 4.69) is 22.3 Å². The Balaban J connectivity index is 0.00000385. The van der Waals surface area contributed by atoms with E-state index in [4.69, 9.17) is 19.2 Å². The zero-order valence-corrected chi connectivity index (χ0v) is 22.0. The molecule has 1 saturated heterocycles. The first-order chi connectivity index (χ1) is 15.6. The lowest BCUT2D eigenvalue weighted by Crippen LogP contribution is -2.40. The number of hydrogen-bond acceptors (Lipinski definition) is 5. The van der Waals surface area contributed by atoms with Crippen molar-refractivity contribution in [3.05, 3.63) is 59.7 Å². The first-order valence-electron chi connectivity index (χ1n) is 11.2. The number of guanidine groups is 1. The first kappa shape index (κ1) is 27.2. The van der Waals surface area contributed by atoms with Gasteiger partial charge in [0.05, 0.1) is 34.0 Å². The minimum atomic E-state index is -0.790. The van der Waals surface area contributed by atoms with Crippen LogP contribution in [0.4, 0.5) is 0 Å². The number of aliphatic hydroxyl groups is 1. The molecule has 2 aromatic rings. The van der Waals surface area contributed by atoms with Gasteiger partial charge in [0.2, 0.25) is 0 Å². The first-order valence-corrected chi connectivity index (χ1v) is 11.2. The third-order valence-electron chi connectivity index (χ3n) is 5.60. The summed E-state index contributed by atoms with van der Waals surface area (Å²) in [4.78, 5) is 6.95. The lowest BCUT2D eigenvalue weighted by atomic mass is 10.1. The summed E-state index contributed by atoms with van der Waals surface area (Å²) >= 11 is 0. The number of ether oxygens (including phenoxy) is 3. The predicted molar refractivity (Wildman–Crippen MR) is 142 cm³/mol. The third kappa shape index (κ3) is 8.04. The smallest absolute Gasteiger partial charge is 0.194 e. The van der Waals surface area contributed by atoms with E-state index in [9.17, 15) is 5.11 Å². The molecule has 2 N–H and O–H groups in total. The third-order valence-corrected chi connectivity index (χ3v) is 5.60. The standard InChI is InChI=1S/C25H35N3O4.HI/c1-4-26-25(27-15-23(29)22-14-21(30-2)10-11-24(22)31-3)28-13-12-20(16-28)18-32-17-19-8-6-5-7-9-19;/h5-11,14,20,23,29H,4,12-13,15-18H2,1-3H3,(H,26,27);1H. The predicted octanol–water partition coefficient (Wildman–Crippen LogP) is 3.86. The molecular formula is C25H36IN3O4. The topological polar surface area (TPSA) is 75.6 Å². The highest BCUT2D eigenvalue weighted by molar-refractivity contribution is 14.0. The molecule has 0 spiro atoms. The zero-order valence-electron chi connectivity index (χ0n) is 19.7. The van der Waals surface area contributed by atoms with E-state index in [0.717, 1.165) is 38.6 Å². The molecular weight excluding hydrogens is 533 g/mol. The van der Waals surface area contributed by atoms with Crippen molar-refractivity contribution in [2.45, 2.75) is 26.1 Å². The van der Waals surface area contributed by atoms with Crippen LogP contribution in [0.25, 0.3) is 0 Å². The Kier molecular flexibility index (Phi) is 11.8. The quantitative estimate of drug-likeness (QED) is 0.257. The van der Waals surface area contributed by atoms with E-state index in [0.29, 0.717) is 29.6 Å². The Morgan fingerprint density at radius 2 is 1.97 bits per heavy atom. The minimum Gasteiger partial charge on any atom is -0.497 e. The molecule has 1 aliphatic heterocycles. The average molecular weight is 569 g/mol. The molecule has 2 unspecified atom stereocenters. The Labute approximate surface area is 214 Å². The fraction of sp³-hybridized carbons (Fsp3) is 0.480. The highest BCUT2D eigenvalue weighted by Gasteiger charge is 2.25. The molecule has 8 heteroatoms. The van der Waals surface area contributed by atoms with Gasteiger partial charge in [-0.1, -0.05) is 30.3 Å². The van der Waals surface area contributed by atoms with Crippen molar-refractivity contribution in [3.63, 3.8) is 0 Å². The van der Waals surface area contributed by atoms with Crippen molar-refractivity contribution in [2.75, 3.05) is 47.0 Å². The number of methoxy groups -OCH3 is 2. The van der Waals surface area contributed by atoms with Crippen LogP contribution in [0.2, 0.25) is 0 Å². The molecule has 0 aromatic heterocycles. The van der Waals surface area contributed by atoms with Gasteiger partial charge in [-0.2, -0.15) is 0 Å². The Bertz CT molecular complexity index is 866. The highest BCUT2D eigenvalue weighted by Crippen LogP contribution is 2.29. The van der Waals surface area contributed by atoms with E-state index < -0.39 is 6.10 Å². The molecule has 33 heavy (non-hydrogen) atoms. The van der Waals surface area contributed by atoms with Crippen LogP contribution in [0.1, 0.15) is 30.6 Å². The number of aliphatic hydroxyl groups excluding tert-OH is 1. The summed E-state index contributed by atoms with van der Waals surface area (Å²) in [5, 5.41) is 14.1. The molecule has 3 rings (SSSR count). The molecule has 1 aliphatic rings. The summed E-state index contributed by atoms with van der Waals surface area (Å²) in [6, 6.07) is 15.6. The van der Waals surface area contributed by atoms with Gasteiger partial charge in [0, 0.05) is 31.1 Å². The van der Waals surface area contributed by atoms with Gasteiger partial charge in [-0.05, 0) is 37.1 Å². The van der Waals surface area contributed by atoms with Crippen molar-refractivity contribution in [2.24, 2.45) is 10.9 Å². The number of rotatable bonds is 10. The second kappa shape index (κ2) is 14.3. The number of nitrogens with one attached hydrogen (secondary N) is 1. The molecule has 0 saturated carbocycles. The van der Waals surface area contributed by atoms with Crippen molar-refractivity contribution in [3.8, 4) is 11.5 Å². The zero-order chi connectivity index (χ0) is 22.8. The maximum absolute atomic E-state index is 10.8. The lowest BCUT2D eigenvalue weighted by molar-refractivity contribution is 0.0906. The second-order valence-corrected chi connectivity index (χ2v) is 7.92. The van der Waals surface area contributed by atoms with Gasteiger partial charge >= 0.3 is 0 Å². The molecule has 182 valence electrons. The van der Waals surface area contributed by atoms with Crippen molar-refractivity contribution >= 4 is 29.9 Å². The number of nitrogens with zero attached hydrogens (tertiary/aromatic N) is 2. The average Bonchev–Trinajstić information content (AvgIpc) is 3.30. The number of likely N-dealkylation sites (tertiary alicyclic amines) is 1. The summed E-state index contributed by atoms with van der Waals surface area (Å²) in [6.07, 6.45) is 0.271. The molecule has 0 radical (unpaired) electrons. The van der Waals surface area contributed by atoms with E-state index in [1.807, 2.05) is 31.2 Å². The summed E-state index contributed by atoms with van der Waals surface area (Å²) in [5.74, 6) is 2.58. The number of hydrogen-bond donors (Lipinski definition) is 2. The van der Waals surface area contributed by atoms with Gasteiger partial charge in [-0.15, -0.1) is 24.0 Å². The van der Waals surface area contributed by atoms with Crippen LogP contribution in [0.15, 0.2) is 53.5 Å². The summed E-state index contributed by atoms with van der Waals surface area (Å²) in [5.41, 5.74) is 1.86. The second-order valence-electron chi connectivity index (χ2n) is 7.92. The van der Waals surface area contributed by atoms with Gasteiger partial charge in [0.25, 0.3) is 0 Å². The van der Waals surface area contributed by atoms with Gasteiger partial charge in [-0.3, -0.25) is 4.99 Å². The number of benzene rings is 2. The molecule has 1 heterocycles. The Hall–Kier alpha value is -2.04. The van der Waals surface area contributed by atoms with Gasteiger partial charge in [-0.25, -0.2) is 0 Å². The maximum atomic E-state index is 10.8. The number of aliphatic imine (C=N–C) groups is 1. The normalized spacial score (nSPS) is 16.8. The fourth-order valence-electron chi connectivity index (χ4n) is 3.88. The van der Waals surface area contributed by atoms with Crippen LogP contribution in [-0.2, 0) is 11.3 Å². The molecule has 0 aliphatic carbocycles. The van der Waals surface area contributed by atoms with Crippen LogP contribution in [0.3, 0.4) is 0 Å². The Morgan fingerprint density at radius 1 is 1.18 bits per heavy atom. The molecule has 7 nitrogen and oxygen atoms in total. The SMILES string of the molecule is CCNC(=NCC(O)c1cc(OC)ccc1OC)N1CCC(COCc2ccccc2)C1.I. The maximum Gasteiger partial charge on any atom is 0.194 e. The number of halogens is 1. The fourth-order valence-corrected chi connectivity index (χ4v) is 3.88. The molecule has 0 bridgehead atoms. The van der Waals surface area contributed by atoms with E-state index in [1.54, 1.807) is 26.4 Å². The van der Waals surface area contributed by atoms with Crippen LogP contribution in [-0.4, -0.2) is 63.0 Å². The minimum absolute atomic E-state index is 0. The van der Waals surface area contributed by atoms with Crippen molar-refractivity contribution in [1.29, 1.82) is 0 Å². The van der Waals surface area contributed by atoms with Crippen LogP contribution >= 0.6 is 24.0 Å². The summed E-state index contributed by atoms with van der Waals surface area (Å²) in [6.45, 7) is 6.23.